The van der Waals surface area contributed by atoms with Gasteiger partial charge in [0.1, 0.15) is 0 Å². The summed E-state index contributed by atoms with van der Waals surface area (Å²) in [4.78, 5) is 0. The third kappa shape index (κ3) is 4.09. The van der Waals surface area contributed by atoms with Crippen molar-refractivity contribution in [2.75, 3.05) is 6.61 Å². The fourth-order valence-corrected chi connectivity index (χ4v) is 2.30. The van der Waals surface area contributed by atoms with Crippen LogP contribution in [0.1, 0.15) is 39.2 Å². The Hall–Kier alpha value is -1.32. The topological polar surface area (TPSA) is 37.2 Å². The average Bonchev–Trinajstić information content (AvgIpc) is 2.79. The monoisotopic (exact) mass is 274 g/mol. The molecule has 0 aliphatic heterocycles. The fraction of sp³-hybridized carbons (Fsp3) is 0.529. The van der Waals surface area contributed by atoms with Crippen molar-refractivity contribution >= 4 is 10.9 Å². The lowest BCUT2D eigenvalue weighted by molar-refractivity contribution is 0.281. The van der Waals surface area contributed by atoms with E-state index in [1.807, 2.05) is 0 Å². The number of aryl methyl sites for hydroxylation is 1. The zero-order valence-electron chi connectivity index (χ0n) is 12.8. The van der Waals surface area contributed by atoms with Gasteiger partial charge in [0, 0.05) is 36.9 Å². The number of hydrogen-bond acceptors (Lipinski definition) is 2. The van der Waals surface area contributed by atoms with E-state index < -0.39 is 0 Å². The highest BCUT2D eigenvalue weighted by Crippen LogP contribution is 2.19. The van der Waals surface area contributed by atoms with Crippen LogP contribution in [-0.2, 0) is 13.1 Å². The van der Waals surface area contributed by atoms with Crippen molar-refractivity contribution in [2.45, 2.75) is 52.2 Å². The number of benzene rings is 1. The van der Waals surface area contributed by atoms with Gasteiger partial charge in [-0.25, -0.2) is 0 Å². The van der Waals surface area contributed by atoms with Gasteiger partial charge in [-0.1, -0.05) is 12.1 Å². The standard InChI is InChI=1S/C17H26N2O/c1-17(2,3)18-13-14-6-7-15-8-10-19(16(15)12-14)9-4-5-11-20/h6-8,10,12,18,20H,4-5,9,11,13H2,1-3H3. The van der Waals surface area contributed by atoms with E-state index in [-0.39, 0.29) is 12.1 Å². The highest BCUT2D eigenvalue weighted by atomic mass is 16.2. The normalized spacial score (nSPS) is 12.2. The summed E-state index contributed by atoms with van der Waals surface area (Å²) < 4.78 is 2.28. The third-order valence-corrected chi connectivity index (χ3v) is 3.47. The highest BCUT2D eigenvalue weighted by molar-refractivity contribution is 5.80. The first-order valence-electron chi connectivity index (χ1n) is 7.43. The zero-order chi connectivity index (χ0) is 14.6. The van der Waals surface area contributed by atoms with E-state index in [1.54, 1.807) is 0 Å². The summed E-state index contributed by atoms with van der Waals surface area (Å²) in [5.41, 5.74) is 2.74. The SMILES string of the molecule is CC(C)(C)NCc1ccc2ccn(CCCCO)c2c1. The molecule has 0 atom stereocenters. The molecule has 0 unspecified atom stereocenters. The second kappa shape index (κ2) is 6.42. The molecule has 3 heteroatoms. The molecule has 3 nitrogen and oxygen atoms in total. The van der Waals surface area contributed by atoms with Gasteiger partial charge in [-0.2, -0.15) is 0 Å². The van der Waals surface area contributed by atoms with Gasteiger partial charge in [0.2, 0.25) is 0 Å². The lowest BCUT2D eigenvalue weighted by Gasteiger charge is -2.20. The summed E-state index contributed by atoms with van der Waals surface area (Å²) >= 11 is 0. The van der Waals surface area contributed by atoms with Crippen LogP contribution in [0.4, 0.5) is 0 Å². The summed E-state index contributed by atoms with van der Waals surface area (Å²) in [6, 6.07) is 8.82. The van der Waals surface area contributed by atoms with Crippen molar-refractivity contribution in [3.05, 3.63) is 36.0 Å². The Balaban J connectivity index is 2.12. The molecule has 2 aromatic rings. The van der Waals surface area contributed by atoms with E-state index in [9.17, 15) is 0 Å². The van der Waals surface area contributed by atoms with Gasteiger partial charge >= 0.3 is 0 Å². The number of fused-ring (bicyclic) bond motifs is 1. The lowest BCUT2D eigenvalue weighted by Crippen LogP contribution is -2.35. The Morgan fingerprint density at radius 1 is 1.15 bits per heavy atom. The van der Waals surface area contributed by atoms with E-state index in [1.165, 1.54) is 16.5 Å². The van der Waals surface area contributed by atoms with Crippen LogP contribution in [-0.4, -0.2) is 21.8 Å². The molecule has 0 fully saturated rings. The summed E-state index contributed by atoms with van der Waals surface area (Å²) in [5, 5.41) is 13.7. The van der Waals surface area contributed by atoms with Crippen LogP contribution in [0.3, 0.4) is 0 Å². The summed E-state index contributed by atoms with van der Waals surface area (Å²) in [5.74, 6) is 0. The maximum absolute atomic E-state index is 8.88. The summed E-state index contributed by atoms with van der Waals surface area (Å²) in [6.07, 6.45) is 4.03. The molecule has 0 bridgehead atoms. The van der Waals surface area contributed by atoms with E-state index in [2.05, 4.69) is 61.1 Å². The van der Waals surface area contributed by atoms with Crippen molar-refractivity contribution in [1.29, 1.82) is 0 Å². The Morgan fingerprint density at radius 2 is 1.95 bits per heavy atom. The fourth-order valence-electron chi connectivity index (χ4n) is 2.30. The number of rotatable bonds is 6. The Bertz CT molecular complexity index is 552. The summed E-state index contributed by atoms with van der Waals surface area (Å²) in [7, 11) is 0. The Labute approximate surface area is 121 Å². The minimum atomic E-state index is 0.137. The van der Waals surface area contributed by atoms with Gasteiger partial charge in [0.15, 0.2) is 0 Å². The molecular formula is C17H26N2O. The first-order chi connectivity index (χ1) is 9.49. The maximum atomic E-state index is 8.88. The maximum Gasteiger partial charge on any atom is 0.0483 e. The van der Waals surface area contributed by atoms with E-state index >= 15 is 0 Å². The minimum Gasteiger partial charge on any atom is -0.396 e. The van der Waals surface area contributed by atoms with Crippen molar-refractivity contribution in [1.82, 2.24) is 9.88 Å². The van der Waals surface area contributed by atoms with Crippen LogP contribution < -0.4 is 5.32 Å². The number of hydrogen-bond donors (Lipinski definition) is 2. The van der Waals surface area contributed by atoms with Crippen molar-refractivity contribution in [3.63, 3.8) is 0 Å². The molecule has 0 spiro atoms. The van der Waals surface area contributed by atoms with Crippen LogP contribution in [0, 0.1) is 0 Å². The molecular weight excluding hydrogens is 248 g/mol. The molecule has 2 N–H and O–H groups in total. The quantitative estimate of drug-likeness (QED) is 0.793. The average molecular weight is 274 g/mol. The van der Waals surface area contributed by atoms with Crippen LogP contribution in [0.5, 0.6) is 0 Å². The first-order valence-corrected chi connectivity index (χ1v) is 7.43. The van der Waals surface area contributed by atoms with E-state index in [0.717, 1.165) is 25.9 Å². The molecule has 0 radical (unpaired) electrons. The lowest BCUT2D eigenvalue weighted by atomic mass is 10.1. The predicted octanol–water partition coefficient (Wildman–Crippen LogP) is 3.30. The van der Waals surface area contributed by atoms with Crippen LogP contribution in [0.25, 0.3) is 10.9 Å². The number of nitrogens with one attached hydrogen (secondary N) is 1. The van der Waals surface area contributed by atoms with Gasteiger partial charge in [-0.3, -0.25) is 0 Å². The number of aliphatic hydroxyl groups is 1. The first kappa shape index (κ1) is 15.1. The molecule has 0 aliphatic rings. The van der Waals surface area contributed by atoms with Gasteiger partial charge in [-0.05, 0) is 56.7 Å². The molecule has 0 aliphatic carbocycles. The number of aromatic nitrogens is 1. The molecule has 0 saturated carbocycles. The van der Waals surface area contributed by atoms with E-state index in [4.69, 9.17) is 5.11 Å². The summed E-state index contributed by atoms with van der Waals surface area (Å²) in [6.45, 7) is 8.69. The van der Waals surface area contributed by atoms with Crippen molar-refractivity contribution in [3.8, 4) is 0 Å². The number of nitrogens with zero attached hydrogens (tertiary/aromatic N) is 1. The molecule has 1 aromatic carbocycles. The largest absolute Gasteiger partial charge is 0.396 e. The molecule has 1 heterocycles. The minimum absolute atomic E-state index is 0.137. The second-order valence-electron chi connectivity index (χ2n) is 6.44. The van der Waals surface area contributed by atoms with Crippen LogP contribution in [0.2, 0.25) is 0 Å². The molecule has 110 valence electrons. The van der Waals surface area contributed by atoms with Gasteiger partial charge in [-0.15, -0.1) is 0 Å². The molecule has 2 rings (SSSR count). The Kier molecular flexibility index (Phi) is 4.84. The van der Waals surface area contributed by atoms with Gasteiger partial charge in [0.05, 0.1) is 0 Å². The predicted molar refractivity (Wildman–Crippen MR) is 84.9 cm³/mol. The molecule has 1 aromatic heterocycles. The van der Waals surface area contributed by atoms with Crippen molar-refractivity contribution < 1.29 is 5.11 Å². The zero-order valence-corrected chi connectivity index (χ0v) is 12.8. The van der Waals surface area contributed by atoms with Crippen LogP contribution in [0.15, 0.2) is 30.5 Å². The van der Waals surface area contributed by atoms with Gasteiger partial charge in [0.25, 0.3) is 0 Å². The number of unbranched alkanes of at least 4 members (excludes halogenated alkanes) is 1. The van der Waals surface area contributed by atoms with E-state index in [0.29, 0.717) is 0 Å². The van der Waals surface area contributed by atoms with Crippen molar-refractivity contribution in [2.24, 2.45) is 0 Å². The Morgan fingerprint density at radius 3 is 2.65 bits per heavy atom. The highest BCUT2D eigenvalue weighted by Gasteiger charge is 2.09. The molecule has 20 heavy (non-hydrogen) atoms. The van der Waals surface area contributed by atoms with Gasteiger partial charge < -0.3 is 15.0 Å². The number of aliphatic hydroxyl groups excluding tert-OH is 1. The second-order valence-corrected chi connectivity index (χ2v) is 6.44. The van der Waals surface area contributed by atoms with Crippen LogP contribution >= 0.6 is 0 Å². The third-order valence-electron chi connectivity index (χ3n) is 3.47. The smallest absolute Gasteiger partial charge is 0.0483 e. The molecule has 0 saturated heterocycles. The molecule has 0 amide bonds.